The van der Waals surface area contributed by atoms with Gasteiger partial charge in [0.2, 0.25) is 0 Å². The maximum atomic E-state index is 12.4. The summed E-state index contributed by atoms with van der Waals surface area (Å²) in [5.41, 5.74) is 1.59. The number of anilines is 1. The summed E-state index contributed by atoms with van der Waals surface area (Å²) in [7, 11) is 3.19. The average molecular weight is 331 g/mol. The van der Waals surface area contributed by atoms with Crippen molar-refractivity contribution < 1.29 is 14.2 Å². The minimum atomic E-state index is -0.138. The molecule has 1 aliphatic rings. The number of benzene rings is 1. The molecule has 1 aliphatic heterocycles. The van der Waals surface area contributed by atoms with Gasteiger partial charge in [0.1, 0.15) is 11.5 Å². The highest BCUT2D eigenvalue weighted by Crippen LogP contribution is 2.22. The van der Waals surface area contributed by atoms with E-state index in [0.717, 1.165) is 24.3 Å². The Morgan fingerprint density at radius 1 is 1.08 bits per heavy atom. The highest BCUT2D eigenvalue weighted by atomic mass is 16.5. The van der Waals surface area contributed by atoms with E-state index >= 15 is 0 Å². The third-order valence-corrected chi connectivity index (χ3v) is 3.97. The molecule has 7 nitrogen and oxygen atoms in total. The van der Waals surface area contributed by atoms with Crippen molar-refractivity contribution in [2.75, 3.05) is 45.4 Å². The van der Waals surface area contributed by atoms with E-state index in [1.807, 2.05) is 12.1 Å². The monoisotopic (exact) mass is 331 g/mol. The minimum Gasteiger partial charge on any atom is -0.497 e. The van der Waals surface area contributed by atoms with E-state index < -0.39 is 0 Å². The lowest BCUT2D eigenvalue weighted by molar-refractivity contribution is 0.122. The summed E-state index contributed by atoms with van der Waals surface area (Å²) in [5.74, 6) is 1.37. The molecule has 0 spiro atoms. The van der Waals surface area contributed by atoms with Gasteiger partial charge in [0.15, 0.2) is 0 Å². The van der Waals surface area contributed by atoms with Gasteiger partial charge in [-0.2, -0.15) is 5.10 Å². The van der Waals surface area contributed by atoms with Crippen LogP contribution in [0.25, 0.3) is 0 Å². The Labute approximate surface area is 140 Å². The quantitative estimate of drug-likeness (QED) is 0.819. The highest BCUT2D eigenvalue weighted by molar-refractivity contribution is 5.43. The molecule has 2 aromatic rings. The van der Waals surface area contributed by atoms with Crippen LogP contribution in [0.3, 0.4) is 0 Å². The molecular formula is C17H21N3O4. The van der Waals surface area contributed by atoms with Gasteiger partial charge in [-0.1, -0.05) is 0 Å². The van der Waals surface area contributed by atoms with Crippen LogP contribution in [-0.4, -0.2) is 50.3 Å². The topological polar surface area (TPSA) is 65.8 Å². The summed E-state index contributed by atoms with van der Waals surface area (Å²) in [6, 6.07) is 7.15. The van der Waals surface area contributed by atoms with Crippen molar-refractivity contribution in [3.8, 4) is 11.5 Å². The Hall–Kier alpha value is -2.54. The molecule has 1 aromatic carbocycles. The molecule has 0 bridgehead atoms. The second kappa shape index (κ2) is 7.35. The van der Waals surface area contributed by atoms with Crippen molar-refractivity contribution in [2.24, 2.45) is 0 Å². The van der Waals surface area contributed by atoms with Gasteiger partial charge in [-0.05, 0) is 17.7 Å². The number of nitrogens with zero attached hydrogens (tertiary/aromatic N) is 3. The summed E-state index contributed by atoms with van der Waals surface area (Å²) in [6.45, 7) is 3.26. The lowest BCUT2D eigenvalue weighted by Crippen LogP contribution is -2.37. The van der Waals surface area contributed by atoms with Crippen LogP contribution in [0.1, 0.15) is 5.56 Å². The normalized spacial score (nSPS) is 14.5. The summed E-state index contributed by atoms with van der Waals surface area (Å²) in [5, 5.41) is 4.30. The van der Waals surface area contributed by atoms with Crippen molar-refractivity contribution >= 4 is 5.69 Å². The number of ether oxygens (including phenoxy) is 3. The van der Waals surface area contributed by atoms with Gasteiger partial charge in [0, 0.05) is 25.2 Å². The lowest BCUT2D eigenvalue weighted by Gasteiger charge is -2.28. The van der Waals surface area contributed by atoms with Gasteiger partial charge in [0.25, 0.3) is 5.56 Å². The van der Waals surface area contributed by atoms with E-state index in [4.69, 9.17) is 14.2 Å². The number of hydrogen-bond acceptors (Lipinski definition) is 6. The van der Waals surface area contributed by atoms with Crippen LogP contribution in [0.4, 0.5) is 5.69 Å². The van der Waals surface area contributed by atoms with Gasteiger partial charge in [-0.25, -0.2) is 4.68 Å². The first-order valence-electron chi connectivity index (χ1n) is 7.81. The fraction of sp³-hybridized carbons (Fsp3) is 0.412. The molecule has 0 atom stereocenters. The molecular weight excluding hydrogens is 310 g/mol. The van der Waals surface area contributed by atoms with Crippen LogP contribution < -0.4 is 19.9 Å². The summed E-state index contributed by atoms with van der Waals surface area (Å²) in [6.07, 6.45) is 1.73. The van der Waals surface area contributed by atoms with E-state index in [1.54, 1.807) is 32.5 Å². The van der Waals surface area contributed by atoms with E-state index in [9.17, 15) is 4.79 Å². The zero-order valence-corrected chi connectivity index (χ0v) is 13.9. The van der Waals surface area contributed by atoms with E-state index in [1.165, 1.54) is 4.68 Å². The number of aromatic nitrogens is 2. The molecule has 1 fully saturated rings. The standard InChI is InChI=1S/C17H21N3O4/c1-22-15-7-13(8-16(10-15)23-2)12-20-17(21)9-14(11-18-20)19-3-5-24-6-4-19/h7-11H,3-6,12H2,1-2H3. The second-order valence-electron chi connectivity index (χ2n) is 5.53. The number of hydrogen-bond donors (Lipinski definition) is 0. The van der Waals surface area contributed by atoms with E-state index in [-0.39, 0.29) is 5.56 Å². The Morgan fingerprint density at radius 3 is 2.33 bits per heavy atom. The molecule has 0 amide bonds. The first-order chi connectivity index (χ1) is 11.7. The SMILES string of the molecule is COc1cc(Cn2ncc(N3CCOCC3)cc2=O)cc(OC)c1. The molecule has 24 heavy (non-hydrogen) atoms. The molecule has 128 valence electrons. The smallest absolute Gasteiger partial charge is 0.269 e. The predicted octanol–water partition coefficient (Wildman–Crippen LogP) is 1.15. The van der Waals surface area contributed by atoms with E-state index in [0.29, 0.717) is 31.3 Å². The minimum absolute atomic E-state index is 0.138. The molecule has 3 rings (SSSR count). The van der Waals surface area contributed by atoms with Gasteiger partial charge in [0.05, 0.1) is 45.9 Å². The largest absolute Gasteiger partial charge is 0.497 e. The van der Waals surface area contributed by atoms with Crippen molar-refractivity contribution in [3.63, 3.8) is 0 Å². The Kier molecular flexibility index (Phi) is 5.00. The lowest BCUT2D eigenvalue weighted by atomic mass is 10.2. The molecule has 0 unspecified atom stereocenters. The highest BCUT2D eigenvalue weighted by Gasteiger charge is 2.13. The molecule has 0 aliphatic carbocycles. The molecule has 0 N–H and O–H groups in total. The summed E-state index contributed by atoms with van der Waals surface area (Å²) in [4.78, 5) is 14.5. The Morgan fingerprint density at radius 2 is 1.75 bits per heavy atom. The Bertz CT molecular complexity index is 731. The second-order valence-corrected chi connectivity index (χ2v) is 5.53. The van der Waals surface area contributed by atoms with Gasteiger partial charge < -0.3 is 19.1 Å². The number of rotatable bonds is 5. The summed E-state index contributed by atoms with van der Waals surface area (Å²) >= 11 is 0. The van der Waals surface area contributed by atoms with Gasteiger partial charge in [-0.15, -0.1) is 0 Å². The third kappa shape index (κ3) is 3.68. The zero-order chi connectivity index (χ0) is 16.9. The van der Waals surface area contributed by atoms with Crippen molar-refractivity contribution in [1.82, 2.24) is 9.78 Å². The van der Waals surface area contributed by atoms with Crippen molar-refractivity contribution in [3.05, 3.63) is 46.4 Å². The predicted molar refractivity (Wildman–Crippen MR) is 90.2 cm³/mol. The van der Waals surface area contributed by atoms with Gasteiger partial charge in [-0.3, -0.25) is 4.79 Å². The average Bonchev–Trinajstić information content (AvgIpc) is 2.63. The van der Waals surface area contributed by atoms with Crippen LogP contribution in [0, 0.1) is 0 Å². The maximum Gasteiger partial charge on any atom is 0.269 e. The number of methoxy groups -OCH3 is 2. The van der Waals surface area contributed by atoms with Crippen LogP contribution >= 0.6 is 0 Å². The molecule has 0 saturated carbocycles. The molecule has 7 heteroatoms. The fourth-order valence-electron chi connectivity index (χ4n) is 2.67. The zero-order valence-electron chi connectivity index (χ0n) is 13.9. The first kappa shape index (κ1) is 16.3. The van der Waals surface area contributed by atoms with Crippen LogP contribution in [0.5, 0.6) is 11.5 Å². The van der Waals surface area contributed by atoms with Crippen LogP contribution in [0.15, 0.2) is 35.3 Å². The molecule has 1 aromatic heterocycles. The number of morpholine rings is 1. The Balaban J connectivity index is 1.81. The molecule has 1 saturated heterocycles. The summed E-state index contributed by atoms with van der Waals surface area (Å²) < 4.78 is 17.3. The molecule has 0 radical (unpaired) electrons. The van der Waals surface area contributed by atoms with Crippen molar-refractivity contribution in [2.45, 2.75) is 6.54 Å². The fourth-order valence-corrected chi connectivity index (χ4v) is 2.67. The van der Waals surface area contributed by atoms with Crippen molar-refractivity contribution in [1.29, 1.82) is 0 Å². The van der Waals surface area contributed by atoms with E-state index in [2.05, 4.69) is 10.00 Å². The van der Waals surface area contributed by atoms with Gasteiger partial charge >= 0.3 is 0 Å². The van der Waals surface area contributed by atoms with Crippen LogP contribution in [-0.2, 0) is 11.3 Å². The first-order valence-corrected chi connectivity index (χ1v) is 7.81. The third-order valence-electron chi connectivity index (χ3n) is 3.97. The molecule has 2 heterocycles. The maximum absolute atomic E-state index is 12.4. The van der Waals surface area contributed by atoms with Crippen LogP contribution in [0.2, 0.25) is 0 Å².